The van der Waals surface area contributed by atoms with Gasteiger partial charge in [0.05, 0.1) is 44.1 Å². The number of fused-ring (bicyclic) bond motifs is 12. The van der Waals surface area contributed by atoms with Crippen molar-refractivity contribution in [2.75, 3.05) is 0 Å². The molecule has 0 N–H and O–H groups in total. The van der Waals surface area contributed by atoms with Crippen LogP contribution in [0.15, 0.2) is 231 Å². The molecule has 0 saturated heterocycles. The molecule has 0 spiro atoms. The molecule has 77 heavy (non-hydrogen) atoms. The zero-order valence-corrected chi connectivity index (χ0v) is 43.5. The molecule has 2 fully saturated rings. The molecule has 0 amide bonds. The molecule has 4 nitrogen and oxygen atoms in total. The van der Waals surface area contributed by atoms with E-state index in [1.165, 1.54) is 185 Å². The van der Waals surface area contributed by atoms with Crippen molar-refractivity contribution in [1.82, 2.24) is 18.3 Å². The van der Waals surface area contributed by atoms with Crippen LogP contribution >= 0.6 is 0 Å². The van der Waals surface area contributed by atoms with Crippen LogP contribution in [0.25, 0.3) is 110 Å². The number of benzene rings is 10. The molecule has 372 valence electrons. The molecule has 0 atom stereocenters. The standard InChI is InChI=1S/C73H60N4/c1-3-19-49(20-4-1)73(50-21-5-2-6-22-50,51-35-39-53(40-36-51)74-69-33-17-11-27-61(69)63-47-55(43-45-71(63)74)76-65-29-13-7-23-57(65)58-24-8-14-30-66(58)76)52-37-41-54(42-38-52)75-70-34-18-12-28-62(70)64-48-56(44-46-72(64)75)77-67-31-15-9-25-59(67)60-26-10-16-32-68(60)77/h7-18,23-50H,1-6,19-22H2. The van der Waals surface area contributed by atoms with Gasteiger partial charge in [-0.15, -0.1) is 0 Å². The van der Waals surface area contributed by atoms with Gasteiger partial charge in [-0.2, -0.15) is 0 Å². The second kappa shape index (κ2) is 17.7. The zero-order chi connectivity index (χ0) is 50.6. The van der Waals surface area contributed by atoms with Crippen molar-refractivity contribution in [3.05, 3.63) is 242 Å². The molecule has 2 aliphatic rings. The molecule has 0 bridgehead atoms. The first-order valence-corrected chi connectivity index (χ1v) is 28.5. The van der Waals surface area contributed by atoms with Crippen molar-refractivity contribution in [2.45, 2.75) is 69.6 Å². The number of aromatic nitrogens is 4. The summed E-state index contributed by atoms with van der Waals surface area (Å²) in [6, 6.07) is 87.6. The summed E-state index contributed by atoms with van der Waals surface area (Å²) >= 11 is 0. The van der Waals surface area contributed by atoms with Crippen LogP contribution in [0.3, 0.4) is 0 Å². The Kier molecular flexibility index (Phi) is 10.3. The second-order valence-electron chi connectivity index (χ2n) is 22.5. The van der Waals surface area contributed by atoms with E-state index in [2.05, 4.69) is 249 Å². The van der Waals surface area contributed by atoms with E-state index in [4.69, 9.17) is 0 Å². The lowest BCUT2D eigenvalue weighted by Crippen LogP contribution is -2.45. The van der Waals surface area contributed by atoms with E-state index in [9.17, 15) is 0 Å². The summed E-state index contributed by atoms with van der Waals surface area (Å²) in [7, 11) is 0. The first kappa shape index (κ1) is 44.7. The fraction of sp³-hybridized carbons (Fsp3) is 0.178. The van der Waals surface area contributed by atoms with Crippen LogP contribution in [0, 0.1) is 11.8 Å². The average Bonchev–Trinajstić information content (AvgIpc) is 4.40. The Morgan fingerprint density at radius 2 is 0.481 bits per heavy atom. The number of nitrogens with zero attached hydrogens (tertiary/aromatic N) is 4. The van der Waals surface area contributed by atoms with E-state index in [0.717, 1.165) is 0 Å². The van der Waals surface area contributed by atoms with Gasteiger partial charge in [0, 0.05) is 71.3 Å². The van der Waals surface area contributed by atoms with Crippen LogP contribution in [-0.4, -0.2) is 18.3 Å². The van der Waals surface area contributed by atoms with Crippen molar-refractivity contribution in [3.8, 4) is 22.7 Å². The minimum atomic E-state index is -0.0893. The highest BCUT2D eigenvalue weighted by molar-refractivity contribution is 6.14. The van der Waals surface area contributed by atoms with Gasteiger partial charge in [0.2, 0.25) is 0 Å². The molecule has 14 aromatic rings. The molecule has 4 heterocycles. The smallest absolute Gasteiger partial charge is 0.0542 e. The fourth-order valence-corrected chi connectivity index (χ4v) is 15.5. The minimum Gasteiger partial charge on any atom is -0.309 e. The summed E-state index contributed by atoms with van der Waals surface area (Å²) in [5, 5.41) is 10.2. The van der Waals surface area contributed by atoms with Gasteiger partial charge >= 0.3 is 0 Å². The molecule has 10 aromatic carbocycles. The first-order chi connectivity index (χ1) is 38.2. The van der Waals surface area contributed by atoms with Crippen molar-refractivity contribution in [1.29, 1.82) is 0 Å². The highest BCUT2D eigenvalue weighted by Crippen LogP contribution is 2.55. The Morgan fingerprint density at radius 3 is 0.792 bits per heavy atom. The molecule has 2 aliphatic carbocycles. The Balaban J connectivity index is 0.825. The van der Waals surface area contributed by atoms with Crippen LogP contribution < -0.4 is 0 Å². The van der Waals surface area contributed by atoms with Crippen LogP contribution in [0.2, 0.25) is 0 Å². The SMILES string of the molecule is c1ccc2c(c1)c1ccccc1n2-c1ccc2c(c1)c1ccccc1n2-c1ccc(C(c2ccc(-n3c4ccccc4c4cc(-n5c6ccccc6c6ccccc65)ccc43)cc2)(C2CCCCC2)C2CCCCC2)cc1. The Morgan fingerprint density at radius 1 is 0.234 bits per heavy atom. The quantitative estimate of drug-likeness (QED) is 0.145. The molecular weight excluding hydrogens is 933 g/mol. The Bertz CT molecular complexity index is 4180. The topological polar surface area (TPSA) is 19.7 Å². The zero-order valence-electron chi connectivity index (χ0n) is 43.5. The highest BCUT2D eigenvalue weighted by Gasteiger charge is 2.48. The predicted molar refractivity (Wildman–Crippen MR) is 324 cm³/mol. The van der Waals surface area contributed by atoms with Gasteiger partial charge in [-0.05, 0) is 146 Å². The third-order valence-corrected chi connectivity index (χ3v) is 18.7. The predicted octanol–water partition coefficient (Wildman–Crippen LogP) is 19.5. The average molecular weight is 993 g/mol. The third kappa shape index (κ3) is 6.70. The van der Waals surface area contributed by atoms with Crippen molar-refractivity contribution >= 4 is 87.2 Å². The summed E-state index contributed by atoms with van der Waals surface area (Å²) < 4.78 is 9.92. The van der Waals surface area contributed by atoms with E-state index >= 15 is 0 Å². The maximum absolute atomic E-state index is 2.56. The Labute approximate surface area is 449 Å². The first-order valence-electron chi connectivity index (χ1n) is 28.5. The lowest BCUT2D eigenvalue weighted by molar-refractivity contribution is 0.134. The van der Waals surface area contributed by atoms with Crippen LogP contribution in [0.4, 0.5) is 0 Å². The van der Waals surface area contributed by atoms with Crippen LogP contribution in [-0.2, 0) is 5.41 Å². The van der Waals surface area contributed by atoms with Gasteiger partial charge in [0.1, 0.15) is 0 Å². The summed E-state index contributed by atoms with van der Waals surface area (Å²) in [5.74, 6) is 1.16. The summed E-state index contributed by atoms with van der Waals surface area (Å²) in [6.45, 7) is 0. The number of hydrogen-bond donors (Lipinski definition) is 0. The van der Waals surface area contributed by atoms with E-state index in [0.29, 0.717) is 11.8 Å². The van der Waals surface area contributed by atoms with Gasteiger partial charge in [-0.25, -0.2) is 0 Å². The lowest BCUT2D eigenvalue weighted by atomic mass is 9.53. The van der Waals surface area contributed by atoms with Crippen molar-refractivity contribution in [3.63, 3.8) is 0 Å². The summed E-state index contributed by atoms with van der Waals surface area (Å²) in [6.07, 6.45) is 13.0. The molecular formula is C73H60N4. The van der Waals surface area contributed by atoms with Crippen LogP contribution in [0.5, 0.6) is 0 Å². The molecule has 0 unspecified atom stereocenters. The fourth-order valence-electron chi connectivity index (χ4n) is 15.5. The third-order valence-electron chi connectivity index (χ3n) is 18.7. The van der Waals surface area contributed by atoms with Crippen molar-refractivity contribution in [2.24, 2.45) is 11.8 Å². The molecule has 4 heteroatoms. The number of hydrogen-bond acceptors (Lipinski definition) is 0. The molecule has 16 rings (SSSR count). The minimum absolute atomic E-state index is 0.0893. The summed E-state index contributed by atoms with van der Waals surface area (Å²) in [4.78, 5) is 0. The maximum Gasteiger partial charge on any atom is 0.0542 e. The number of rotatable bonds is 8. The molecule has 2 saturated carbocycles. The van der Waals surface area contributed by atoms with Gasteiger partial charge in [0.15, 0.2) is 0 Å². The van der Waals surface area contributed by atoms with Gasteiger partial charge in [-0.1, -0.05) is 172 Å². The monoisotopic (exact) mass is 992 g/mol. The van der Waals surface area contributed by atoms with Gasteiger partial charge < -0.3 is 18.3 Å². The van der Waals surface area contributed by atoms with Gasteiger partial charge in [0.25, 0.3) is 0 Å². The van der Waals surface area contributed by atoms with Crippen molar-refractivity contribution < 1.29 is 0 Å². The van der Waals surface area contributed by atoms with E-state index in [1.807, 2.05) is 0 Å². The highest BCUT2D eigenvalue weighted by atomic mass is 15.0. The lowest BCUT2D eigenvalue weighted by Gasteiger charge is -2.50. The largest absolute Gasteiger partial charge is 0.309 e. The molecule has 0 radical (unpaired) electrons. The Hall–Kier alpha value is -8.60. The second-order valence-corrected chi connectivity index (χ2v) is 22.5. The normalized spacial score (nSPS) is 15.2. The van der Waals surface area contributed by atoms with E-state index < -0.39 is 0 Å². The van der Waals surface area contributed by atoms with E-state index in [1.54, 1.807) is 0 Å². The van der Waals surface area contributed by atoms with Gasteiger partial charge in [-0.3, -0.25) is 0 Å². The van der Waals surface area contributed by atoms with Crippen LogP contribution in [0.1, 0.15) is 75.3 Å². The maximum atomic E-state index is 2.56. The molecule has 0 aliphatic heterocycles. The summed E-state index contributed by atoms with van der Waals surface area (Å²) in [5.41, 5.74) is 17.6. The van der Waals surface area contributed by atoms with E-state index in [-0.39, 0.29) is 5.41 Å². The number of para-hydroxylation sites is 6. The molecule has 4 aromatic heterocycles.